The zero-order chi connectivity index (χ0) is 13.8. The molecule has 0 amide bonds. The fourth-order valence-electron chi connectivity index (χ4n) is 2.02. The van der Waals surface area contributed by atoms with Crippen molar-refractivity contribution in [3.05, 3.63) is 68.9 Å². The van der Waals surface area contributed by atoms with Gasteiger partial charge in [-0.3, -0.25) is 0 Å². The lowest BCUT2D eigenvalue weighted by Gasteiger charge is -2.13. The van der Waals surface area contributed by atoms with Crippen LogP contribution in [0.3, 0.4) is 0 Å². The Bertz CT molecular complexity index is 574. The summed E-state index contributed by atoms with van der Waals surface area (Å²) >= 11 is 9.47. The molecule has 0 heterocycles. The Hall–Kier alpha value is -0.900. The van der Waals surface area contributed by atoms with Gasteiger partial charge in [0.2, 0.25) is 0 Å². The molecule has 0 saturated carbocycles. The molecule has 0 aliphatic carbocycles. The molecule has 2 N–H and O–H groups in total. The van der Waals surface area contributed by atoms with Crippen molar-refractivity contribution in [2.45, 2.75) is 18.9 Å². The first-order valence-electron chi connectivity index (χ1n) is 5.98. The third-order valence-electron chi connectivity index (χ3n) is 2.88. The van der Waals surface area contributed by atoms with Crippen molar-refractivity contribution >= 4 is 27.5 Å². The van der Waals surface area contributed by atoms with Gasteiger partial charge in [-0.25, -0.2) is 4.39 Å². The minimum Gasteiger partial charge on any atom is -0.327 e. The number of hydrogen-bond acceptors (Lipinski definition) is 1. The third-order valence-corrected chi connectivity index (χ3v) is 3.74. The van der Waals surface area contributed by atoms with Gasteiger partial charge in [-0.05, 0) is 54.3 Å². The lowest BCUT2D eigenvalue weighted by Crippen LogP contribution is -2.25. The second kappa shape index (κ2) is 6.51. The quantitative estimate of drug-likeness (QED) is 0.878. The van der Waals surface area contributed by atoms with Gasteiger partial charge < -0.3 is 5.73 Å². The smallest absolute Gasteiger partial charge is 0.123 e. The van der Waals surface area contributed by atoms with Gasteiger partial charge >= 0.3 is 0 Å². The molecule has 0 radical (unpaired) electrons. The van der Waals surface area contributed by atoms with Crippen LogP contribution in [0.2, 0.25) is 5.02 Å². The molecule has 100 valence electrons. The second-order valence-electron chi connectivity index (χ2n) is 4.53. The fraction of sp³-hybridized carbons (Fsp3) is 0.200. The minimum atomic E-state index is -0.283. The zero-order valence-corrected chi connectivity index (χ0v) is 12.6. The lowest BCUT2D eigenvalue weighted by molar-refractivity contribution is 0.618. The van der Waals surface area contributed by atoms with Crippen molar-refractivity contribution in [1.29, 1.82) is 0 Å². The van der Waals surface area contributed by atoms with Crippen molar-refractivity contribution in [2.75, 3.05) is 0 Å². The third kappa shape index (κ3) is 4.30. The van der Waals surface area contributed by atoms with E-state index in [1.54, 1.807) is 6.07 Å². The van der Waals surface area contributed by atoms with E-state index in [-0.39, 0.29) is 11.9 Å². The van der Waals surface area contributed by atoms with Gasteiger partial charge in [0.25, 0.3) is 0 Å². The van der Waals surface area contributed by atoms with Crippen molar-refractivity contribution < 1.29 is 4.39 Å². The molecule has 0 saturated heterocycles. The molecule has 1 atom stereocenters. The number of nitrogens with two attached hydrogens (primary N) is 1. The molecule has 1 unspecified atom stereocenters. The van der Waals surface area contributed by atoms with E-state index < -0.39 is 0 Å². The highest BCUT2D eigenvalue weighted by atomic mass is 79.9. The van der Waals surface area contributed by atoms with Crippen LogP contribution in [0.5, 0.6) is 0 Å². The molecule has 2 aromatic rings. The van der Waals surface area contributed by atoms with Crippen LogP contribution in [0.25, 0.3) is 0 Å². The fourth-order valence-corrected chi connectivity index (χ4v) is 2.66. The van der Waals surface area contributed by atoms with Gasteiger partial charge in [0.15, 0.2) is 0 Å². The average molecular weight is 343 g/mol. The van der Waals surface area contributed by atoms with Gasteiger partial charge in [-0.1, -0.05) is 39.7 Å². The van der Waals surface area contributed by atoms with E-state index in [9.17, 15) is 4.39 Å². The molecule has 0 spiro atoms. The highest BCUT2D eigenvalue weighted by Gasteiger charge is 2.09. The zero-order valence-electron chi connectivity index (χ0n) is 10.2. The summed E-state index contributed by atoms with van der Waals surface area (Å²) in [4.78, 5) is 0. The van der Waals surface area contributed by atoms with Gasteiger partial charge in [0.05, 0.1) is 0 Å². The van der Waals surface area contributed by atoms with Gasteiger partial charge in [-0.2, -0.15) is 0 Å². The van der Waals surface area contributed by atoms with Gasteiger partial charge in [-0.15, -0.1) is 0 Å². The molecule has 0 aromatic heterocycles. The van der Waals surface area contributed by atoms with Gasteiger partial charge in [0.1, 0.15) is 5.82 Å². The van der Waals surface area contributed by atoms with Crippen molar-refractivity contribution in [3.63, 3.8) is 0 Å². The van der Waals surface area contributed by atoms with E-state index in [2.05, 4.69) is 15.9 Å². The van der Waals surface area contributed by atoms with E-state index >= 15 is 0 Å². The lowest BCUT2D eigenvalue weighted by atomic mass is 10.00. The van der Waals surface area contributed by atoms with E-state index in [0.29, 0.717) is 11.4 Å². The first-order chi connectivity index (χ1) is 9.04. The van der Waals surface area contributed by atoms with E-state index in [1.165, 1.54) is 12.1 Å². The summed E-state index contributed by atoms with van der Waals surface area (Å²) in [5.41, 5.74) is 8.01. The molecule has 2 aromatic carbocycles. The second-order valence-corrected chi connectivity index (χ2v) is 5.86. The van der Waals surface area contributed by atoms with Crippen LogP contribution in [0.4, 0.5) is 4.39 Å². The van der Waals surface area contributed by atoms with Crippen LogP contribution < -0.4 is 5.73 Å². The van der Waals surface area contributed by atoms with E-state index in [1.807, 2.05) is 24.3 Å². The maximum absolute atomic E-state index is 13.2. The summed E-state index contributed by atoms with van der Waals surface area (Å²) in [6, 6.07) is 12.3. The maximum atomic E-state index is 13.2. The van der Waals surface area contributed by atoms with Crippen molar-refractivity contribution in [1.82, 2.24) is 0 Å². The molecule has 0 bridgehead atoms. The Morgan fingerprint density at radius 2 is 1.95 bits per heavy atom. The Kier molecular flexibility index (Phi) is 4.97. The highest BCUT2D eigenvalue weighted by Crippen LogP contribution is 2.20. The number of halogens is 3. The normalized spacial score (nSPS) is 12.4. The molecular weight excluding hydrogens is 329 g/mol. The number of hydrogen-bond donors (Lipinski definition) is 1. The summed E-state index contributed by atoms with van der Waals surface area (Å²) in [7, 11) is 0. The first-order valence-corrected chi connectivity index (χ1v) is 7.15. The molecule has 1 nitrogen and oxygen atoms in total. The predicted octanol–water partition coefficient (Wildman–Crippen LogP) is 4.35. The van der Waals surface area contributed by atoms with E-state index in [4.69, 9.17) is 17.3 Å². The maximum Gasteiger partial charge on any atom is 0.123 e. The summed E-state index contributed by atoms with van der Waals surface area (Å²) in [5.74, 6) is -0.283. The molecule has 0 aliphatic heterocycles. The van der Waals surface area contributed by atoms with Crippen LogP contribution >= 0.6 is 27.5 Å². The number of rotatable bonds is 4. The molecule has 19 heavy (non-hydrogen) atoms. The van der Waals surface area contributed by atoms with Crippen LogP contribution in [-0.4, -0.2) is 6.04 Å². The highest BCUT2D eigenvalue weighted by molar-refractivity contribution is 9.10. The Morgan fingerprint density at radius 3 is 2.68 bits per heavy atom. The van der Waals surface area contributed by atoms with Crippen LogP contribution in [-0.2, 0) is 12.8 Å². The molecular formula is C15H14BrClFN. The predicted molar refractivity (Wildman–Crippen MR) is 80.9 cm³/mol. The number of benzene rings is 2. The van der Waals surface area contributed by atoms with Gasteiger partial charge in [0, 0.05) is 15.5 Å². The Labute approximate surface area is 125 Å². The minimum absolute atomic E-state index is 0.0893. The summed E-state index contributed by atoms with van der Waals surface area (Å²) in [6.07, 6.45) is 1.29. The Morgan fingerprint density at radius 1 is 1.16 bits per heavy atom. The standard InChI is InChI=1S/C15H14BrClFN/c16-12-3-1-2-10(6-12)7-14(19)9-11-8-13(18)4-5-15(11)17/h1-6,8,14H,7,9,19H2. The Balaban J connectivity index is 2.05. The van der Waals surface area contributed by atoms with Crippen LogP contribution in [0.1, 0.15) is 11.1 Å². The van der Waals surface area contributed by atoms with Crippen molar-refractivity contribution in [2.24, 2.45) is 5.73 Å². The summed E-state index contributed by atoms with van der Waals surface area (Å²) in [5, 5.41) is 0.561. The topological polar surface area (TPSA) is 26.0 Å². The monoisotopic (exact) mass is 341 g/mol. The average Bonchev–Trinajstić information content (AvgIpc) is 2.34. The van der Waals surface area contributed by atoms with E-state index in [0.717, 1.165) is 22.0 Å². The van der Waals surface area contributed by atoms with Crippen molar-refractivity contribution in [3.8, 4) is 0 Å². The molecule has 0 fully saturated rings. The summed E-state index contributed by atoms with van der Waals surface area (Å²) < 4.78 is 14.2. The van der Waals surface area contributed by atoms with Crippen LogP contribution in [0, 0.1) is 5.82 Å². The molecule has 0 aliphatic rings. The largest absolute Gasteiger partial charge is 0.327 e. The summed E-state index contributed by atoms with van der Waals surface area (Å²) in [6.45, 7) is 0. The molecule has 2 rings (SSSR count). The van der Waals surface area contributed by atoms with Crippen LogP contribution in [0.15, 0.2) is 46.9 Å². The SMILES string of the molecule is NC(Cc1cccc(Br)c1)Cc1cc(F)ccc1Cl. The molecule has 4 heteroatoms. The first kappa shape index (κ1) is 14.5.